The first kappa shape index (κ1) is 15.0. The average Bonchev–Trinajstić information content (AvgIpc) is 2.77. The molecule has 2 rings (SSSR count). The van der Waals surface area contributed by atoms with Crippen LogP contribution in [0.2, 0.25) is 0 Å². The molecule has 112 valence electrons. The van der Waals surface area contributed by atoms with Gasteiger partial charge in [-0.1, -0.05) is 24.3 Å². The molecular weight excluding hydrogens is 268 g/mol. The molecule has 0 spiro atoms. The van der Waals surface area contributed by atoms with E-state index < -0.39 is 0 Å². The first-order valence-corrected chi connectivity index (χ1v) is 7.04. The van der Waals surface area contributed by atoms with E-state index >= 15 is 0 Å². The van der Waals surface area contributed by atoms with Crippen molar-refractivity contribution >= 4 is 11.5 Å². The Kier molecular flexibility index (Phi) is 4.57. The monoisotopic (exact) mass is 288 g/mol. The number of nitrogens with one attached hydrogen (secondary N) is 1. The minimum Gasteiger partial charge on any atom is -0.364 e. The van der Waals surface area contributed by atoms with E-state index in [1.807, 2.05) is 19.1 Å². The average molecular weight is 288 g/mol. The maximum atomic E-state index is 11.2. The number of hydrogen-bond acceptors (Lipinski definition) is 4. The molecule has 6 nitrogen and oxygen atoms in total. The van der Waals surface area contributed by atoms with Crippen LogP contribution in [0, 0.1) is 24.0 Å². The van der Waals surface area contributed by atoms with Gasteiger partial charge in [0.2, 0.25) is 5.82 Å². The van der Waals surface area contributed by atoms with Crippen molar-refractivity contribution in [2.24, 2.45) is 0 Å². The molecule has 0 atom stereocenters. The number of rotatable bonds is 6. The van der Waals surface area contributed by atoms with Crippen molar-refractivity contribution in [3.63, 3.8) is 0 Å². The van der Waals surface area contributed by atoms with Gasteiger partial charge < -0.3 is 5.32 Å². The van der Waals surface area contributed by atoms with E-state index in [2.05, 4.69) is 29.5 Å². The summed E-state index contributed by atoms with van der Waals surface area (Å²) in [7, 11) is 0. The van der Waals surface area contributed by atoms with Crippen molar-refractivity contribution in [2.45, 2.75) is 33.7 Å². The van der Waals surface area contributed by atoms with E-state index in [0.29, 0.717) is 24.6 Å². The van der Waals surface area contributed by atoms with Crippen molar-refractivity contribution in [3.8, 4) is 0 Å². The van der Waals surface area contributed by atoms with Crippen LogP contribution in [-0.4, -0.2) is 21.2 Å². The molecule has 0 fully saturated rings. The Morgan fingerprint density at radius 2 is 2.05 bits per heavy atom. The van der Waals surface area contributed by atoms with Crippen molar-refractivity contribution in [1.82, 2.24) is 9.78 Å². The third kappa shape index (κ3) is 3.21. The summed E-state index contributed by atoms with van der Waals surface area (Å²) in [5.74, 6) is 0.494. The lowest BCUT2D eigenvalue weighted by Gasteiger charge is -2.09. The topological polar surface area (TPSA) is 73.0 Å². The van der Waals surface area contributed by atoms with Crippen LogP contribution in [0.1, 0.15) is 23.7 Å². The molecule has 0 bridgehead atoms. The Labute approximate surface area is 123 Å². The van der Waals surface area contributed by atoms with Gasteiger partial charge >= 0.3 is 5.69 Å². The highest BCUT2D eigenvalue weighted by molar-refractivity contribution is 5.59. The summed E-state index contributed by atoms with van der Waals surface area (Å²) >= 11 is 0. The molecule has 0 aliphatic heterocycles. The van der Waals surface area contributed by atoms with Gasteiger partial charge in [-0.15, -0.1) is 0 Å². The Morgan fingerprint density at radius 3 is 2.67 bits per heavy atom. The van der Waals surface area contributed by atoms with E-state index in [4.69, 9.17) is 0 Å². The SMILES string of the molecule is CCn1nc(C)c([N+](=O)[O-])c1NCCc1ccccc1C. The zero-order valence-electron chi connectivity index (χ0n) is 12.6. The molecule has 1 heterocycles. The van der Waals surface area contributed by atoms with Crippen LogP contribution >= 0.6 is 0 Å². The lowest BCUT2D eigenvalue weighted by molar-refractivity contribution is -0.384. The van der Waals surface area contributed by atoms with E-state index in [1.165, 1.54) is 11.1 Å². The van der Waals surface area contributed by atoms with Crippen LogP contribution in [0.25, 0.3) is 0 Å². The predicted octanol–water partition coefficient (Wildman–Crippen LogP) is 3.08. The van der Waals surface area contributed by atoms with Gasteiger partial charge in [0.25, 0.3) is 0 Å². The molecule has 2 aromatic rings. The Morgan fingerprint density at radius 1 is 1.33 bits per heavy atom. The lowest BCUT2D eigenvalue weighted by Crippen LogP contribution is -2.11. The molecule has 1 aromatic heterocycles. The normalized spacial score (nSPS) is 10.6. The molecule has 21 heavy (non-hydrogen) atoms. The van der Waals surface area contributed by atoms with Gasteiger partial charge in [-0.2, -0.15) is 5.10 Å². The number of aryl methyl sites for hydroxylation is 3. The molecule has 0 unspecified atom stereocenters. The highest BCUT2D eigenvalue weighted by atomic mass is 16.6. The van der Waals surface area contributed by atoms with Crippen LogP contribution in [0.3, 0.4) is 0 Å². The third-order valence-electron chi connectivity index (χ3n) is 3.53. The number of nitrogens with zero attached hydrogens (tertiary/aromatic N) is 3. The minimum absolute atomic E-state index is 0.0710. The van der Waals surface area contributed by atoms with Crippen LogP contribution in [0.5, 0.6) is 0 Å². The van der Waals surface area contributed by atoms with Gasteiger partial charge in [-0.25, -0.2) is 4.68 Å². The summed E-state index contributed by atoms with van der Waals surface area (Å²) in [5, 5.41) is 18.5. The first-order valence-electron chi connectivity index (χ1n) is 7.04. The van der Waals surface area contributed by atoms with E-state index in [0.717, 1.165) is 6.42 Å². The van der Waals surface area contributed by atoms with Crippen molar-refractivity contribution in [3.05, 3.63) is 51.2 Å². The maximum absolute atomic E-state index is 11.2. The zero-order chi connectivity index (χ0) is 15.4. The molecule has 0 saturated carbocycles. The van der Waals surface area contributed by atoms with Gasteiger partial charge in [-0.05, 0) is 38.3 Å². The summed E-state index contributed by atoms with van der Waals surface area (Å²) in [6, 6.07) is 8.16. The first-order chi connectivity index (χ1) is 10.0. The van der Waals surface area contributed by atoms with Crippen LogP contribution in [0.15, 0.2) is 24.3 Å². The molecule has 0 radical (unpaired) electrons. The van der Waals surface area contributed by atoms with Crippen LogP contribution < -0.4 is 5.32 Å². The van der Waals surface area contributed by atoms with Gasteiger partial charge in [0.05, 0.1) is 4.92 Å². The molecule has 1 N–H and O–H groups in total. The fourth-order valence-corrected chi connectivity index (χ4v) is 2.40. The smallest absolute Gasteiger partial charge is 0.333 e. The summed E-state index contributed by atoms with van der Waals surface area (Å²) in [6.07, 6.45) is 0.817. The second kappa shape index (κ2) is 6.39. The number of aromatic nitrogens is 2. The molecule has 0 amide bonds. The van der Waals surface area contributed by atoms with Gasteiger partial charge in [0.15, 0.2) is 0 Å². The standard InChI is InChI=1S/C15H20N4O2/c1-4-18-15(14(19(20)21)12(3)17-18)16-10-9-13-8-6-5-7-11(13)2/h5-8,16H,4,9-10H2,1-3H3. The fourth-order valence-electron chi connectivity index (χ4n) is 2.40. The lowest BCUT2D eigenvalue weighted by atomic mass is 10.1. The van der Waals surface area contributed by atoms with Crippen molar-refractivity contribution in [1.29, 1.82) is 0 Å². The third-order valence-corrected chi connectivity index (χ3v) is 3.53. The second-order valence-corrected chi connectivity index (χ2v) is 4.96. The molecule has 0 aliphatic carbocycles. The zero-order valence-corrected chi connectivity index (χ0v) is 12.6. The molecular formula is C15H20N4O2. The maximum Gasteiger partial charge on any atom is 0.333 e. The molecule has 1 aromatic carbocycles. The summed E-state index contributed by atoms with van der Waals surface area (Å²) in [6.45, 7) is 6.88. The van der Waals surface area contributed by atoms with Crippen LogP contribution in [0.4, 0.5) is 11.5 Å². The number of benzene rings is 1. The number of anilines is 1. The van der Waals surface area contributed by atoms with E-state index in [-0.39, 0.29) is 10.6 Å². The predicted molar refractivity (Wildman–Crippen MR) is 82.7 cm³/mol. The second-order valence-electron chi connectivity index (χ2n) is 4.96. The van der Waals surface area contributed by atoms with Crippen LogP contribution in [-0.2, 0) is 13.0 Å². The Hall–Kier alpha value is -2.37. The molecule has 0 aliphatic rings. The fraction of sp³-hybridized carbons (Fsp3) is 0.400. The number of nitro groups is 1. The Bertz CT molecular complexity index is 649. The highest BCUT2D eigenvalue weighted by Gasteiger charge is 2.24. The van der Waals surface area contributed by atoms with E-state index in [1.54, 1.807) is 11.6 Å². The van der Waals surface area contributed by atoms with Gasteiger partial charge in [0.1, 0.15) is 5.69 Å². The van der Waals surface area contributed by atoms with Crippen molar-refractivity contribution < 1.29 is 4.92 Å². The summed E-state index contributed by atoms with van der Waals surface area (Å²) in [4.78, 5) is 10.8. The number of hydrogen-bond donors (Lipinski definition) is 1. The highest BCUT2D eigenvalue weighted by Crippen LogP contribution is 2.28. The summed E-state index contributed by atoms with van der Waals surface area (Å²) < 4.78 is 1.64. The van der Waals surface area contributed by atoms with E-state index in [9.17, 15) is 10.1 Å². The van der Waals surface area contributed by atoms with Crippen molar-refractivity contribution in [2.75, 3.05) is 11.9 Å². The molecule has 0 saturated heterocycles. The Balaban J connectivity index is 2.13. The van der Waals surface area contributed by atoms with Gasteiger partial charge in [-0.3, -0.25) is 10.1 Å². The molecule has 6 heteroatoms. The quantitative estimate of drug-likeness (QED) is 0.655. The minimum atomic E-state index is -0.370. The largest absolute Gasteiger partial charge is 0.364 e. The summed E-state index contributed by atoms with van der Waals surface area (Å²) in [5.41, 5.74) is 2.99. The van der Waals surface area contributed by atoms with Gasteiger partial charge in [0, 0.05) is 13.1 Å².